The SMILES string of the molecule is CC(C)C[C@H](NC(=O)c1ccc(Cl)cc1Cl)c1nnc(SCc2ccc(Cl)c(Cl)c2)n1C. The van der Waals surface area contributed by atoms with Crippen molar-refractivity contribution in [2.75, 3.05) is 0 Å². The molecule has 1 atom stereocenters. The first-order valence-electron chi connectivity index (χ1n) is 9.87. The number of thioether (sulfide) groups is 1. The van der Waals surface area contributed by atoms with Gasteiger partial charge in [-0.2, -0.15) is 0 Å². The Morgan fingerprint density at radius 2 is 1.78 bits per heavy atom. The third-order valence-corrected chi connectivity index (χ3v) is 7.10. The topological polar surface area (TPSA) is 59.8 Å². The summed E-state index contributed by atoms with van der Waals surface area (Å²) >= 11 is 25.8. The zero-order valence-corrected chi connectivity index (χ0v) is 21.5. The van der Waals surface area contributed by atoms with Crippen LogP contribution in [-0.4, -0.2) is 20.7 Å². The first kappa shape index (κ1) is 25.2. The summed E-state index contributed by atoms with van der Waals surface area (Å²) in [5.41, 5.74) is 1.39. The number of amides is 1. The molecule has 0 aliphatic carbocycles. The second kappa shape index (κ2) is 11.1. The molecular formula is C22H22Cl4N4OS. The van der Waals surface area contributed by atoms with Gasteiger partial charge in [-0.15, -0.1) is 10.2 Å². The van der Waals surface area contributed by atoms with Crippen molar-refractivity contribution in [3.63, 3.8) is 0 Å². The van der Waals surface area contributed by atoms with Crippen LogP contribution in [0.25, 0.3) is 0 Å². The van der Waals surface area contributed by atoms with E-state index in [-0.39, 0.29) is 11.9 Å². The van der Waals surface area contributed by atoms with Crippen LogP contribution in [0.3, 0.4) is 0 Å². The Bertz CT molecular complexity index is 1120. The molecule has 0 aliphatic rings. The number of hydrogen-bond acceptors (Lipinski definition) is 4. The summed E-state index contributed by atoms with van der Waals surface area (Å²) in [6.07, 6.45) is 0.695. The lowest BCUT2D eigenvalue weighted by molar-refractivity contribution is 0.0929. The standard InChI is InChI=1S/C22H22Cl4N4OS/c1-12(2)8-19(27-21(31)15-6-5-14(23)10-17(15)25)20-28-29-22(30(20)3)32-11-13-4-7-16(24)18(26)9-13/h4-7,9-10,12,19H,8,11H2,1-3H3,(H,27,31)/t19-/m0/s1. The van der Waals surface area contributed by atoms with Gasteiger partial charge in [0.1, 0.15) is 0 Å². The van der Waals surface area contributed by atoms with Gasteiger partial charge in [0, 0.05) is 17.8 Å². The molecule has 2 aromatic carbocycles. The smallest absolute Gasteiger partial charge is 0.253 e. The summed E-state index contributed by atoms with van der Waals surface area (Å²) in [5, 5.41) is 14.3. The van der Waals surface area contributed by atoms with E-state index in [1.807, 2.05) is 23.7 Å². The second-order valence-corrected chi connectivity index (χ2v) is 10.3. The van der Waals surface area contributed by atoms with Gasteiger partial charge < -0.3 is 9.88 Å². The van der Waals surface area contributed by atoms with Gasteiger partial charge in [0.25, 0.3) is 5.91 Å². The normalized spacial score (nSPS) is 12.2. The van der Waals surface area contributed by atoms with Gasteiger partial charge in [-0.25, -0.2) is 0 Å². The van der Waals surface area contributed by atoms with Gasteiger partial charge >= 0.3 is 0 Å². The van der Waals surface area contributed by atoms with E-state index >= 15 is 0 Å². The Kier molecular flexibility index (Phi) is 8.75. The van der Waals surface area contributed by atoms with Crippen LogP contribution >= 0.6 is 58.2 Å². The maximum Gasteiger partial charge on any atom is 0.253 e. The maximum absolute atomic E-state index is 12.9. The highest BCUT2D eigenvalue weighted by Crippen LogP contribution is 2.29. The molecule has 0 saturated carbocycles. The first-order chi connectivity index (χ1) is 15.2. The van der Waals surface area contributed by atoms with Gasteiger partial charge in [-0.3, -0.25) is 4.79 Å². The van der Waals surface area contributed by atoms with Crippen molar-refractivity contribution in [2.24, 2.45) is 13.0 Å². The fraction of sp³-hybridized carbons (Fsp3) is 0.318. The molecule has 0 spiro atoms. The minimum atomic E-state index is -0.328. The van der Waals surface area contributed by atoms with Crippen molar-refractivity contribution >= 4 is 64.1 Å². The van der Waals surface area contributed by atoms with Crippen molar-refractivity contribution in [2.45, 2.75) is 37.2 Å². The fourth-order valence-electron chi connectivity index (χ4n) is 3.14. The van der Waals surface area contributed by atoms with Gasteiger partial charge in [0.15, 0.2) is 11.0 Å². The van der Waals surface area contributed by atoms with Gasteiger partial charge in [-0.1, -0.05) is 78.1 Å². The molecule has 1 amide bonds. The number of nitrogens with one attached hydrogen (secondary N) is 1. The molecule has 3 aromatic rings. The Morgan fingerprint density at radius 3 is 2.44 bits per heavy atom. The molecule has 0 aliphatic heterocycles. The Labute approximate surface area is 211 Å². The minimum Gasteiger partial charge on any atom is -0.342 e. The van der Waals surface area contributed by atoms with E-state index in [4.69, 9.17) is 46.4 Å². The van der Waals surface area contributed by atoms with E-state index in [1.165, 1.54) is 11.8 Å². The highest BCUT2D eigenvalue weighted by atomic mass is 35.5. The average molecular weight is 532 g/mol. The molecule has 5 nitrogen and oxygen atoms in total. The van der Waals surface area contributed by atoms with E-state index in [9.17, 15) is 4.79 Å². The number of benzene rings is 2. The molecule has 3 rings (SSSR count). The lowest BCUT2D eigenvalue weighted by Gasteiger charge is -2.20. The largest absolute Gasteiger partial charge is 0.342 e. The van der Waals surface area contributed by atoms with Crippen LogP contribution in [0, 0.1) is 5.92 Å². The number of carbonyl (C=O) groups excluding carboxylic acids is 1. The van der Waals surface area contributed by atoms with Gasteiger partial charge in [0.2, 0.25) is 0 Å². The molecule has 1 N–H and O–H groups in total. The highest BCUT2D eigenvalue weighted by Gasteiger charge is 2.24. The molecule has 10 heteroatoms. The monoisotopic (exact) mass is 530 g/mol. The summed E-state index contributed by atoms with van der Waals surface area (Å²) in [7, 11) is 1.89. The molecule has 0 fully saturated rings. The van der Waals surface area contributed by atoms with Gasteiger partial charge in [0.05, 0.1) is 26.7 Å². The first-order valence-corrected chi connectivity index (χ1v) is 12.4. The van der Waals surface area contributed by atoms with Gasteiger partial charge in [-0.05, 0) is 48.2 Å². The van der Waals surface area contributed by atoms with E-state index in [0.717, 1.165) is 10.7 Å². The van der Waals surface area contributed by atoms with Crippen LogP contribution in [0.2, 0.25) is 20.1 Å². The van der Waals surface area contributed by atoms with Crippen LogP contribution in [0.4, 0.5) is 0 Å². The van der Waals surface area contributed by atoms with Crippen molar-refractivity contribution in [3.8, 4) is 0 Å². The zero-order valence-electron chi connectivity index (χ0n) is 17.7. The predicted molar refractivity (Wildman–Crippen MR) is 133 cm³/mol. The van der Waals surface area contributed by atoms with Crippen LogP contribution < -0.4 is 5.32 Å². The third kappa shape index (κ3) is 6.33. The number of rotatable bonds is 8. The second-order valence-electron chi connectivity index (χ2n) is 7.72. The lowest BCUT2D eigenvalue weighted by Crippen LogP contribution is -2.31. The molecule has 0 unspecified atom stereocenters. The summed E-state index contributed by atoms with van der Waals surface area (Å²) in [6, 6.07) is 10.0. The molecule has 1 aromatic heterocycles. The van der Waals surface area contributed by atoms with Crippen LogP contribution in [-0.2, 0) is 12.8 Å². The maximum atomic E-state index is 12.9. The van der Waals surface area contributed by atoms with Crippen molar-refractivity contribution in [1.29, 1.82) is 0 Å². The quantitative estimate of drug-likeness (QED) is 0.311. The molecular weight excluding hydrogens is 510 g/mol. The molecule has 0 bridgehead atoms. The zero-order chi connectivity index (χ0) is 23.4. The number of halogens is 4. The summed E-state index contributed by atoms with van der Waals surface area (Å²) in [5.74, 6) is 1.37. The number of nitrogens with zero attached hydrogens (tertiary/aromatic N) is 3. The fourth-order valence-corrected chi connectivity index (χ4v) is 4.82. The molecule has 1 heterocycles. The van der Waals surface area contributed by atoms with Crippen molar-refractivity contribution in [3.05, 3.63) is 73.4 Å². The number of aromatic nitrogens is 3. The number of carbonyl (C=O) groups is 1. The van der Waals surface area contributed by atoms with Crippen molar-refractivity contribution in [1.82, 2.24) is 20.1 Å². The Hall–Kier alpha value is -1.44. The third-order valence-electron chi connectivity index (χ3n) is 4.72. The van der Waals surface area contributed by atoms with Crippen LogP contribution in [0.5, 0.6) is 0 Å². The molecule has 0 saturated heterocycles. The summed E-state index contributed by atoms with van der Waals surface area (Å²) < 4.78 is 1.90. The van der Waals surface area contributed by atoms with E-state index in [0.29, 0.717) is 49.6 Å². The highest BCUT2D eigenvalue weighted by molar-refractivity contribution is 7.98. The van der Waals surface area contributed by atoms with E-state index in [2.05, 4.69) is 29.4 Å². The molecule has 32 heavy (non-hydrogen) atoms. The summed E-state index contributed by atoms with van der Waals surface area (Å²) in [4.78, 5) is 12.9. The van der Waals surface area contributed by atoms with E-state index < -0.39 is 0 Å². The summed E-state index contributed by atoms with van der Waals surface area (Å²) in [6.45, 7) is 4.18. The van der Waals surface area contributed by atoms with Crippen LogP contribution in [0.15, 0.2) is 41.6 Å². The van der Waals surface area contributed by atoms with Crippen molar-refractivity contribution < 1.29 is 4.79 Å². The lowest BCUT2D eigenvalue weighted by atomic mass is 10.0. The Balaban J connectivity index is 1.78. The minimum absolute atomic E-state index is 0.287. The molecule has 170 valence electrons. The number of hydrogen-bond donors (Lipinski definition) is 1. The molecule has 0 radical (unpaired) electrons. The Morgan fingerprint density at radius 1 is 1.03 bits per heavy atom. The average Bonchev–Trinajstić information content (AvgIpc) is 3.08. The van der Waals surface area contributed by atoms with E-state index in [1.54, 1.807) is 24.3 Å². The predicted octanol–water partition coefficient (Wildman–Crippen LogP) is 7.24. The van der Waals surface area contributed by atoms with Crippen LogP contribution in [0.1, 0.15) is 48.1 Å².